The second-order valence-corrected chi connectivity index (χ2v) is 8.46. The van der Waals surface area contributed by atoms with Gasteiger partial charge in [-0.15, -0.1) is 0 Å². The zero-order valence-electron chi connectivity index (χ0n) is 15.9. The summed E-state index contributed by atoms with van der Waals surface area (Å²) in [6.07, 6.45) is 0.625. The minimum Gasteiger partial charge on any atom is -0.497 e. The van der Waals surface area contributed by atoms with Crippen LogP contribution in [0.15, 0.2) is 47.4 Å². The van der Waals surface area contributed by atoms with Gasteiger partial charge in [0.05, 0.1) is 30.7 Å². The Morgan fingerprint density at radius 3 is 2.36 bits per heavy atom. The number of ether oxygens (including phenoxy) is 2. The highest BCUT2D eigenvalue weighted by Gasteiger charge is 2.23. The first-order chi connectivity index (χ1) is 13.3. The molecule has 0 aliphatic carbocycles. The van der Waals surface area contributed by atoms with Crippen molar-refractivity contribution in [3.63, 3.8) is 0 Å². The normalized spacial score (nSPS) is 11.3. The van der Waals surface area contributed by atoms with Crippen molar-refractivity contribution in [1.82, 2.24) is 9.62 Å². The van der Waals surface area contributed by atoms with Crippen molar-refractivity contribution >= 4 is 27.5 Å². The van der Waals surface area contributed by atoms with Crippen LogP contribution in [-0.4, -0.2) is 53.0 Å². The summed E-state index contributed by atoms with van der Waals surface area (Å²) >= 11 is 6.00. The van der Waals surface area contributed by atoms with E-state index in [4.69, 9.17) is 21.1 Å². The van der Waals surface area contributed by atoms with Crippen LogP contribution in [0.1, 0.15) is 5.56 Å². The van der Waals surface area contributed by atoms with E-state index in [1.807, 2.05) is 24.3 Å². The number of methoxy groups -OCH3 is 2. The Hall–Kier alpha value is -2.29. The van der Waals surface area contributed by atoms with Crippen LogP contribution in [0.25, 0.3) is 0 Å². The summed E-state index contributed by atoms with van der Waals surface area (Å²) < 4.78 is 36.3. The summed E-state index contributed by atoms with van der Waals surface area (Å²) in [6.45, 7) is 0.0992. The number of amides is 1. The van der Waals surface area contributed by atoms with E-state index < -0.39 is 10.0 Å². The molecule has 2 rings (SSSR count). The Kier molecular flexibility index (Phi) is 7.68. The molecule has 0 aliphatic rings. The molecule has 1 amide bonds. The lowest BCUT2D eigenvalue weighted by Crippen LogP contribution is -2.39. The maximum absolute atomic E-state index is 12.6. The number of sulfonamides is 1. The average molecular weight is 427 g/mol. The largest absolute Gasteiger partial charge is 0.497 e. The Morgan fingerprint density at radius 1 is 1.11 bits per heavy atom. The van der Waals surface area contributed by atoms with E-state index in [0.29, 0.717) is 18.7 Å². The molecule has 0 atom stereocenters. The second-order valence-electron chi connectivity index (χ2n) is 6.01. The topological polar surface area (TPSA) is 84.9 Å². The molecule has 0 heterocycles. The van der Waals surface area contributed by atoms with Gasteiger partial charge >= 0.3 is 0 Å². The summed E-state index contributed by atoms with van der Waals surface area (Å²) in [5.41, 5.74) is 1.04. The van der Waals surface area contributed by atoms with Crippen molar-refractivity contribution in [2.45, 2.75) is 11.3 Å². The Bertz CT molecular complexity index is 916. The van der Waals surface area contributed by atoms with Crippen molar-refractivity contribution in [3.05, 3.63) is 53.1 Å². The number of halogens is 1. The van der Waals surface area contributed by atoms with Gasteiger partial charge in [0.25, 0.3) is 0 Å². The molecule has 0 aromatic heterocycles. The molecular formula is C19H23ClN2O5S. The Morgan fingerprint density at radius 2 is 1.79 bits per heavy atom. The standard InChI is InChI=1S/C19H23ClN2O5S/c1-22(28(24,25)16-8-9-18(27-3)17(20)12-16)13-19(23)21-11-10-14-4-6-15(26-2)7-5-14/h4-9,12H,10-11,13H2,1-3H3,(H,21,23). The molecule has 0 spiro atoms. The number of hydrogen-bond acceptors (Lipinski definition) is 5. The van der Waals surface area contributed by atoms with E-state index in [0.717, 1.165) is 15.6 Å². The highest BCUT2D eigenvalue weighted by Crippen LogP contribution is 2.28. The lowest BCUT2D eigenvalue weighted by atomic mass is 10.1. The molecule has 7 nitrogen and oxygen atoms in total. The molecule has 0 saturated carbocycles. The molecule has 2 aromatic carbocycles. The predicted molar refractivity (Wildman–Crippen MR) is 108 cm³/mol. The van der Waals surface area contributed by atoms with Gasteiger partial charge in [-0.3, -0.25) is 4.79 Å². The molecule has 0 aliphatic heterocycles. The molecule has 0 radical (unpaired) electrons. The number of likely N-dealkylation sites (N-methyl/N-ethyl adjacent to an activating group) is 1. The van der Waals surface area contributed by atoms with E-state index in [9.17, 15) is 13.2 Å². The van der Waals surface area contributed by atoms with Gasteiger partial charge in [-0.25, -0.2) is 8.42 Å². The summed E-state index contributed by atoms with van der Waals surface area (Å²) in [4.78, 5) is 12.1. The third kappa shape index (κ3) is 5.60. The maximum Gasteiger partial charge on any atom is 0.243 e. The number of benzene rings is 2. The minimum atomic E-state index is -3.85. The van der Waals surface area contributed by atoms with Gasteiger partial charge in [-0.2, -0.15) is 4.31 Å². The fourth-order valence-electron chi connectivity index (χ4n) is 2.47. The van der Waals surface area contributed by atoms with Crippen LogP contribution in [0.2, 0.25) is 5.02 Å². The quantitative estimate of drug-likeness (QED) is 0.665. The van der Waals surface area contributed by atoms with Crippen LogP contribution in [0.4, 0.5) is 0 Å². The van der Waals surface area contributed by atoms with Gasteiger partial charge in [0.2, 0.25) is 15.9 Å². The van der Waals surface area contributed by atoms with E-state index in [2.05, 4.69) is 5.32 Å². The highest BCUT2D eigenvalue weighted by atomic mass is 35.5. The lowest BCUT2D eigenvalue weighted by Gasteiger charge is -2.17. The zero-order valence-corrected chi connectivity index (χ0v) is 17.5. The fraction of sp³-hybridized carbons (Fsp3) is 0.316. The number of rotatable bonds is 9. The third-order valence-electron chi connectivity index (χ3n) is 4.09. The molecule has 1 N–H and O–H groups in total. The number of hydrogen-bond donors (Lipinski definition) is 1. The first-order valence-electron chi connectivity index (χ1n) is 8.47. The van der Waals surface area contributed by atoms with Gasteiger partial charge in [0.15, 0.2) is 0 Å². The van der Waals surface area contributed by atoms with Crippen molar-refractivity contribution in [3.8, 4) is 11.5 Å². The monoisotopic (exact) mass is 426 g/mol. The van der Waals surface area contributed by atoms with Crippen molar-refractivity contribution < 1.29 is 22.7 Å². The number of nitrogens with one attached hydrogen (secondary N) is 1. The average Bonchev–Trinajstić information content (AvgIpc) is 2.68. The summed E-state index contributed by atoms with van der Waals surface area (Å²) in [5, 5.41) is 2.90. The molecule has 0 bridgehead atoms. The zero-order chi connectivity index (χ0) is 20.7. The van der Waals surface area contributed by atoms with Crippen LogP contribution in [0, 0.1) is 0 Å². The van der Waals surface area contributed by atoms with Crippen LogP contribution in [-0.2, 0) is 21.2 Å². The summed E-state index contributed by atoms with van der Waals surface area (Å²) in [5.74, 6) is 0.747. The Balaban J connectivity index is 1.90. The van der Waals surface area contributed by atoms with Gasteiger partial charge in [0.1, 0.15) is 11.5 Å². The third-order valence-corrected chi connectivity index (χ3v) is 6.19. The molecule has 0 fully saturated rings. The number of carbonyl (C=O) groups excluding carboxylic acids is 1. The van der Waals surface area contributed by atoms with E-state index >= 15 is 0 Å². The van der Waals surface area contributed by atoms with Gasteiger partial charge in [-0.05, 0) is 42.3 Å². The van der Waals surface area contributed by atoms with E-state index in [-0.39, 0.29) is 22.4 Å². The van der Waals surface area contributed by atoms with Crippen molar-refractivity contribution in [2.75, 3.05) is 34.4 Å². The minimum absolute atomic E-state index is 0.00756. The first kappa shape index (κ1) is 22.0. The first-order valence-corrected chi connectivity index (χ1v) is 10.3. The summed E-state index contributed by atoms with van der Waals surface area (Å²) in [6, 6.07) is 11.7. The SMILES string of the molecule is COc1ccc(CCNC(=O)CN(C)S(=O)(=O)c2ccc(OC)c(Cl)c2)cc1. The fourth-order valence-corrected chi connectivity index (χ4v) is 3.95. The molecule has 9 heteroatoms. The van der Waals surface area contributed by atoms with Crippen molar-refractivity contribution in [2.24, 2.45) is 0 Å². The molecule has 28 heavy (non-hydrogen) atoms. The summed E-state index contributed by atoms with van der Waals surface area (Å²) in [7, 11) is 0.535. The van der Waals surface area contributed by atoms with Crippen molar-refractivity contribution in [1.29, 1.82) is 0 Å². The lowest BCUT2D eigenvalue weighted by molar-refractivity contribution is -0.121. The van der Waals surface area contributed by atoms with E-state index in [1.165, 1.54) is 32.4 Å². The van der Waals surface area contributed by atoms with Crippen LogP contribution in [0.3, 0.4) is 0 Å². The number of carbonyl (C=O) groups is 1. The molecule has 0 saturated heterocycles. The maximum atomic E-state index is 12.6. The van der Waals surface area contributed by atoms with Crippen LogP contribution >= 0.6 is 11.6 Å². The van der Waals surface area contributed by atoms with Gasteiger partial charge < -0.3 is 14.8 Å². The van der Waals surface area contributed by atoms with Crippen LogP contribution in [0.5, 0.6) is 11.5 Å². The molecular weight excluding hydrogens is 404 g/mol. The molecule has 152 valence electrons. The van der Waals surface area contributed by atoms with Gasteiger partial charge in [0, 0.05) is 13.6 Å². The second kappa shape index (κ2) is 9.77. The van der Waals surface area contributed by atoms with E-state index in [1.54, 1.807) is 7.11 Å². The molecule has 2 aromatic rings. The Labute approximate surface area is 170 Å². The highest BCUT2D eigenvalue weighted by molar-refractivity contribution is 7.89. The smallest absolute Gasteiger partial charge is 0.243 e. The molecule has 0 unspecified atom stereocenters. The number of nitrogens with zero attached hydrogens (tertiary/aromatic N) is 1. The predicted octanol–water partition coefficient (Wildman–Crippen LogP) is 2.34. The van der Waals surface area contributed by atoms with Crippen LogP contribution < -0.4 is 14.8 Å². The van der Waals surface area contributed by atoms with Gasteiger partial charge in [-0.1, -0.05) is 23.7 Å².